The topological polar surface area (TPSA) is 51.8 Å². The molecule has 2 heterocycles. The Morgan fingerprint density at radius 1 is 1.32 bits per heavy atom. The highest BCUT2D eigenvalue weighted by Crippen LogP contribution is 2.34. The van der Waals surface area contributed by atoms with E-state index in [9.17, 15) is 0 Å². The molecule has 3 rings (SSSR count). The molecule has 1 atom stereocenters. The van der Waals surface area contributed by atoms with Crippen molar-refractivity contribution in [2.45, 2.75) is 18.9 Å². The number of fused-ring (bicyclic) bond motifs is 1. The molecule has 102 valence electrons. The average molecular weight is 280 g/mol. The molecular formula is C13H16N2O3S. The fourth-order valence-corrected chi connectivity index (χ4v) is 2.36. The number of ether oxygens (including phenoxy) is 3. The highest BCUT2D eigenvalue weighted by atomic mass is 32.1. The Labute approximate surface area is 117 Å². The van der Waals surface area contributed by atoms with Crippen LogP contribution in [0.15, 0.2) is 18.2 Å². The minimum atomic E-state index is 0.275. The molecule has 2 aliphatic rings. The van der Waals surface area contributed by atoms with Crippen molar-refractivity contribution < 1.29 is 14.2 Å². The monoisotopic (exact) mass is 280 g/mol. The molecule has 1 unspecified atom stereocenters. The third-order valence-electron chi connectivity index (χ3n) is 3.14. The van der Waals surface area contributed by atoms with Gasteiger partial charge in [-0.1, -0.05) is 0 Å². The lowest BCUT2D eigenvalue weighted by Gasteiger charge is -2.14. The molecule has 0 amide bonds. The first-order valence-corrected chi connectivity index (χ1v) is 6.78. The number of hydrogen-bond acceptors (Lipinski definition) is 4. The van der Waals surface area contributed by atoms with E-state index >= 15 is 0 Å². The Morgan fingerprint density at radius 2 is 2.21 bits per heavy atom. The van der Waals surface area contributed by atoms with Gasteiger partial charge >= 0.3 is 0 Å². The Hall–Kier alpha value is -1.53. The van der Waals surface area contributed by atoms with Crippen LogP contribution < -0.4 is 20.1 Å². The molecule has 0 spiro atoms. The van der Waals surface area contributed by atoms with E-state index in [1.54, 1.807) is 0 Å². The van der Waals surface area contributed by atoms with Gasteiger partial charge in [0.1, 0.15) is 0 Å². The predicted molar refractivity (Wildman–Crippen MR) is 75.8 cm³/mol. The van der Waals surface area contributed by atoms with Gasteiger partial charge in [0, 0.05) is 24.9 Å². The number of hydrogen-bond donors (Lipinski definition) is 2. The molecule has 0 radical (unpaired) electrons. The molecule has 1 aromatic carbocycles. The van der Waals surface area contributed by atoms with Gasteiger partial charge in [0.25, 0.3) is 0 Å². The van der Waals surface area contributed by atoms with Crippen molar-refractivity contribution >= 4 is 23.0 Å². The predicted octanol–water partition coefficient (Wildman–Crippen LogP) is 1.88. The molecular weight excluding hydrogens is 264 g/mol. The zero-order valence-electron chi connectivity index (χ0n) is 10.5. The minimum Gasteiger partial charge on any atom is -0.454 e. The molecule has 0 aromatic heterocycles. The first-order chi connectivity index (χ1) is 9.31. The van der Waals surface area contributed by atoms with Gasteiger partial charge in [-0.05, 0) is 37.2 Å². The van der Waals surface area contributed by atoms with Gasteiger partial charge < -0.3 is 24.8 Å². The summed E-state index contributed by atoms with van der Waals surface area (Å²) < 4.78 is 16.1. The molecule has 0 saturated carbocycles. The van der Waals surface area contributed by atoms with Gasteiger partial charge in [-0.25, -0.2) is 0 Å². The van der Waals surface area contributed by atoms with Crippen LogP contribution in [0.1, 0.15) is 12.8 Å². The van der Waals surface area contributed by atoms with Crippen LogP contribution in [0.25, 0.3) is 0 Å². The van der Waals surface area contributed by atoms with E-state index in [4.69, 9.17) is 26.4 Å². The number of rotatable bonds is 3. The minimum absolute atomic E-state index is 0.275. The Morgan fingerprint density at radius 3 is 3.05 bits per heavy atom. The number of nitrogens with one attached hydrogen (secondary N) is 2. The summed E-state index contributed by atoms with van der Waals surface area (Å²) in [6.45, 7) is 1.88. The molecule has 1 saturated heterocycles. The third-order valence-corrected chi connectivity index (χ3v) is 3.39. The summed E-state index contributed by atoms with van der Waals surface area (Å²) in [5.41, 5.74) is 0.883. The Kier molecular flexibility index (Phi) is 3.70. The summed E-state index contributed by atoms with van der Waals surface area (Å²) in [6.07, 6.45) is 2.51. The van der Waals surface area contributed by atoms with Crippen molar-refractivity contribution in [2.75, 3.05) is 25.3 Å². The molecule has 6 heteroatoms. The van der Waals surface area contributed by atoms with Crippen molar-refractivity contribution in [2.24, 2.45) is 0 Å². The van der Waals surface area contributed by atoms with Gasteiger partial charge in [-0.15, -0.1) is 0 Å². The van der Waals surface area contributed by atoms with Crippen LogP contribution in [0.3, 0.4) is 0 Å². The maximum atomic E-state index is 5.53. The molecule has 1 fully saturated rings. The lowest BCUT2D eigenvalue weighted by Crippen LogP contribution is -2.34. The van der Waals surface area contributed by atoms with Crippen LogP contribution in [-0.4, -0.2) is 31.2 Å². The molecule has 19 heavy (non-hydrogen) atoms. The summed E-state index contributed by atoms with van der Waals surface area (Å²) in [7, 11) is 0. The normalized spacial score (nSPS) is 20.3. The molecule has 0 bridgehead atoms. The zero-order valence-corrected chi connectivity index (χ0v) is 11.3. The number of benzene rings is 1. The summed E-state index contributed by atoms with van der Waals surface area (Å²) in [5, 5.41) is 6.88. The molecule has 1 aromatic rings. The third kappa shape index (κ3) is 3.08. The fraction of sp³-hybridized carbons (Fsp3) is 0.462. The quantitative estimate of drug-likeness (QED) is 0.825. The summed E-state index contributed by atoms with van der Waals surface area (Å²) in [4.78, 5) is 0. The van der Waals surface area contributed by atoms with E-state index in [1.165, 1.54) is 0 Å². The van der Waals surface area contributed by atoms with Crippen LogP contribution in [-0.2, 0) is 4.74 Å². The first-order valence-electron chi connectivity index (χ1n) is 6.37. The SMILES string of the molecule is S=C(NCC1CCCO1)Nc1ccc2c(c1)OCO2. The van der Waals surface area contributed by atoms with Crippen LogP contribution >= 0.6 is 12.2 Å². The van der Waals surface area contributed by atoms with Crippen molar-refractivity contribution in [3.05, 3.63) is 18.2 Å². The zero-order chi connectivity index (χ0) is 13.1. The van der Waals surface area contributed by atoms with E-state index in [1.807, 2.05) is 18.2 Å². The van der Waals surface area contributed by atoms with Crippen LogP contribution in [0.4, 0.5) is 5.69 Å². The van der Waals surface area contributed by atoms with Crippen molar-refractivity contribution in [3.8, 4) is 11.5 Å². The Balaban J connectivity index is 1.51. The van der Waals surface area contributed by atoms with E-state index in [2.05, 4.69) is 10.6 Å². The van der Waals surface area contributed by atoms with Crippen LogP contribution in [0.2, 0.25) is 0 Å². The van der Waals surface area contributed by atoms with Crippen molar-refractivity contribution in [1.82, 2.24) is 5.32 Å². The van der Waals surface area contributed by atoms with Crippen LogP contribution in [0.5, 0.6) is 11.5 Å². The lowest BCUT2D eigenvalue weighted by atomic mass is 10.2. The molecule has 5 nitrogen and oxygen atoms in total. The maximum Gasteiger partial charge on any atom is 0.231 e. The summed E-state index contributed by atoms with van der Waals surface area (Å²) in [6, 6.07) is 5.66. The standard InChI is InChI=1S/C13H16N2O3S/c19-13(14-7-10-2-1-5-16-10)15-9-3-4-11-12(6-9)18-8-17-11/h3-4,6,10H,1-2,5,7-8H2,(H2,14,15,19). The number of thiocarbonyl (C=S) groups is 1. The molecule has 2 aliphatic heterocycles. The maximum absolute atomic E-state index is 5.53. The van der Waals surface area contributed by atoms with E-state index in [0.717, 1.165) is 43.2 Å². The largest absolute Gasteiger partial charge is 0.454 e. The van der Waals surface area contributed by atoms with E-state index in [0.29, 0.717) is 5.11 Å². The van der Waals surface area contributed by atoms with Crippen molar-refractivity contribution in [1.29, 1.82) is 0 Å². The average Bonchev–Trinajstić information content (AvgIpc) is 3.07. The van der Waals surface area contributed by atoms with Gasteiger partial charge in [0.05, 0.1) is 6.10 Å². The number of anilines is 1. The molecule has 2 N–H and O–H groups in total. The lowest BCUT2D eigenvalue weighted by molar-refractivity contribution is 0.114. The van der Waals surface area contributed by atoms with E-state index < -0.39 is 0 Å². The van der Waals surface area contributed by atoms with Gasteiger partial charge in [-0.3, -0.25) is 0 Å². The fourth-order valence-electron chi connectivity index (χ4n) is 2.16. The second-order valence-corrected chi connectivity index (χ2v) is 4.95. The van der Waals surface area contributed by atoms with Gasteiger partial charge in [-0.2, -0.15) is 0 Å². The first kappa shape index (κ1) is 12.5. The van der Waals surface area contributed by atoms with E-state index in [-0.39, 0.29) is 12.9 Å². The Bertz CT molecular complexity index is 475. The van der Waals surface area contributed by atoms with Crippen molar-refractivity contribution in [3.63, 3.8) is 0 Å². The second-order valence-electron chi connectivity index (χ2n) is 4.54. The summed E-state index contributed by atoms with van der Waals surface area (Å²) >= 11 is 5.25. The highest BCUT2D eigenvalue weighted by Gasteiger charge is 2.16. The second kappa shape index (κ2) is 5.63. The van der Waals surface area contributed by atoms with Crippen LogP contribution in [0, 0.1) is 0 Å². The molecule has 0 aliphatic carbocycles. The van der Waals surface area contributed by atoms with Gasteiger partial charge in [0.2, 0.25) is 6.79 Å². The highest BCUT2D eigenvalue weighted by molar-refractivity contribution is 7.80. The smallest absolute Gasteiger partial charge is 0.231 e. The van der Waals surface area contributed by atoms with Gasteiger partial charge in [0.15, 0.2) is 16.6 Å². The summed E-state index contributed by atoms with van der Waals surface area (Å²) in [5.74, 6) is 1.51.